The summed E-state index contributed by atoms with van der Waals surface area (Å²) in [5.41, 5.74) is 1.03. The van der Waals surface area contributed by atoms with E-state index >= 15 is 0 Å². The molecule has 2 rings (SSSR count). The lowest BCUT2D eigenvalue weighted by atomic mass is 9.94. The van der Waals surface area contributed by atoms with Crippen LogP contribution in [0.3, 0.4) is 0 Å². The van der Waals surface area contributed by atoms with Gasteiger partial charge in [0.1, 0.15) is 10.8 Å². The highest BCUT2D eigenvalue weighted by molar-refractivity contribution is 6.38. The SMILES string of the molecule is CCOc1c(Cl)cc(C2NC(=O)NC(C)=C2C(=O)OC)c(OCC)c1Cl. The third kappa shape index (κ3) is 3.83. The number of halogens is 2. The standard InChI is InChI=1S/C17H20Cl2N2O5/c1-5-25-14-9(7-10(18)15(12(14)19)26-6-2)13-11(16(22)24-4)8(3)20-17(23)21-13/h7,13H,5-6H2,1-4H3,(H2,20,21,23). The summed E-state index contributed by atoms with van der Waals surface area (Å²) in [5, 5.41) is 5.65. The number of urea groups is 1. The number of rotatable bonds is 6. The van der Waals surface area contributed by atoms with Crippen LogP contribution >= 0.6 is 23.2 Å². The van der Waals surface area contributed by atoms with Crippen molar-refractivity contribution in [3.63, 3.8) is 0 Å². The molecule has 0 bridgehead atoms. The second kappa shape index (κ2) is 8.51. The number of allylic oxidation sites excluding steroid dienone is 1. The fraction of sp³-hybridized carbons (Fsp3) is 0.412. The van der Waals surface area contributed by atoms with E-state index < -0.39 is 18.0 Å². The lowest BCUT2D eigenvalue weighted by molar-refractivity contribution is -0.136. The lowest BCUT2D eigenvalue weighted by Gasteiger charge is -2.29. The number of carbonyl (C=O) groups is 2. The number of methoxy groups -OCH3 is 1. The number of hydrogen-bond acceptors (Lipinski definition) is 5. The van der Waals surface area contributed by atoms with Crippen LogP contribution in [0.1, 0.15) is 32.4 Å². The van der Waals surface area contributed by atoms with Gasteiger partial charge in [0.15, 0.2) is 5.75 Å². The van der Waals surface area contributed by atoms with E-state index in [1.54, 1.807) is 26.8 Å². The molecule has 0 spiro atoms. The third-order valence-electron chi connectivity index (χ3n) is 3.72. The van der Waals surface area contributed by atoms with E-state index in [1.807, 2.05) is 0 Å². The van der Waals surface area contributed by atoms with Crippen LogP contribution in [0, 0.1) is 0 Å². The molecule has 1 aliphatic heterocycles. The Labute approximate surface area is 161 Å². The Bertz CT molecular complexity index is 764. The van der Waals surface area contributed by atoms with E-state index in [1.165, 1.54) is 7.11 Å². The second-order valence-electron chi connectivity index (χ2n) is 5.35. The first-order chi connectivity index (χ1) is 12.3. The Balaban J connectivity index is 2.70. The predicted octanol–water partition coefficient (Wildman–Crippen LogP) is 3.59. The molecular formula is C17H20Cl2N2O5. The van der Waals surface area contributed by atoms with Gasteiger partial charge in [0.2, 0.25) is 0 Å². The van der Waals surface area contributed by atoms with Crippen molar-refractivity contribution in [2.24, 2.45) is 0 Å². The first-order valence-electron chi connectivity index (χ1n) is 7.99. The van der Waals surface area contributed by atoms with Crippen molar-refractivity contribution < 1.29 is 23.8 Å². The van der Waals surface area contributed by atoms with Gasteiger partial charge in [-0.2, -0.15) is 0 Å². The zero-order chi connectivity index (χ0) is 19.4. The van der Waals surface area contributed by atoms with Gasteiger partial charge in [-0.15, -0.1) is 0 Å². The van der Waals surface area contributed by atoms with Gasteiger partial charge in [-0.3, -0.25) is 0 Å². The molecule has 1 aromatic carbocycles. The highest BCUT2D eigenvalue weighted by Gasteiger charge is 2.35. The van der Waals surface area contributed by atoms with Crippen LogP contribution in [0.4, 0.5) is 4.79 Å². The molecule has 0 fully saturated rings. The first-order valence-corrected chi connectivity index (χ1v) is 8.75. The van der Waals surface area contributed by atoms with Crippen molar-refractivity contribution in [3.05, 3.63) is 32.9 Å². The summed E-state index contributed by atoms with van der Waals surface area (Å²) in [5.74, 6) is -0.0318. The van der Waals surface area contributed by atoms with E-state index in [9.17, 15) is 9.59 Å². The molecule has 1 aliphatic rings. The highest BCUT2D eigenvalue weighted by Crippen LogP contribution is 2.46. The van der Waals surface area contributed by atoms with Crippen LogP contribution in [-0.2, 0) is 9.53 Å². The molecule has 1 heterocycles. The van der Waals surface area contributed by atoms with E-state index in [-0.39, 0.29) is 27.1 Å². The molecule has 2 N–H and O–H groups in total. The smallest absolute Gasteiger partial charge is 0.337 e. The van der Waals surface area contributed by atoms with Crippen molar-refractivity contribution in [1.82, 2.24) is 10.6 Å². The van der Waals surface area contributed by atoms with Crippen molar-refractivity contribution in [2.45, 2.75) is 26.8 Å². The van der Waals surface area contributed by atoms with Crippen LogP contribution in [0.25, 0.3) is 0 Å². The zero-order valence-electron chi connectivity index (χ0n) is 14.9. The molecular weight excluding hydrogens is 383 g/mol. The first kappa shape index (κ1) is 20.2. The second-order valence-corrected chi connectivity index (χ2v) is 6.13. The Morgan fingerprint density at radius 1 is 1.19 bits per heavy atom. The molecule has 26 heavy (non-hydrogen) atoms. The van der Waals surface area contributed by atoms with Crippen molar-refractivity contribution in [3.8, 4) is 11.5 Å². The van der Waals surface area contributed by atoms with E-state index in [4.69, 9.17) is 37.4 Å². The summed E-state index contributed by atoms with van der Waals surface area (Å²) in [6.45, 7) is 5.87. The van der Waals surface area contributed by atoms with Gasteiger partial charge >= 0.3 is 12.0 Å². The van der Waals surface area contributed by atoms with Crippen LogP contribution in [0.5, 0.6) is 11.5 Å². The van der Waals surface area contributed by atoms with E-state index in [0.717, 1.165) is 0 Å². The predicted molar refractivity (Wildman–Crippen MR) is 97.9 cm³/mol. The minimum atomic E-state index is -0.844. The zero-order valence-corrected chi connectivity index (χ0v) is 16.4. The monoisotopic (exact) mass is 402 g/mol. The van der Waals surface area contributed by atoms with Crippen molar-refractivity contribution in [2.75, 3.05) is 20.3 Å². The quantitative estimate of drug-likeness (QED) is 0.709. The molecule has 0 aromatic heterocycles. The van der Waals surface area contributed by atoms with Crippen LogP contribution in [0.15, 0.2) is 17.3 Å². The summed E-state index contributed by atoms with van der Waals surface area (Å²) in [4.78, 5) is 24.3. The summed E-state index contributed by atoms with van der Waals surface area (Å²) < 4.78 is 16.0. The van der Waals surface area contributed by atoms with Gasteiger partial charge < -0.3 is 24.8 Å². The Morgan fingerprint density at radius 2 is 1.81 bits per heavy atom. The average molecular weight is 403 g/mol. The normalized spacial score (nSPS) is 16.7. The topological polar surface area (TPSA) is 85.9 Å². The lowest BCUT2D eigenvalue weighted by Crippen LogP contribution is -2.45. The maximum absolute atomic E-state index is 12.3. The van der Waals surface area contributed by atoms with E-state index in [2.05, 4.69) is 10.6 Å². The maximum atomic E-state index is 12.3. The summed E-state index contributed by atoms with van der Waals surface area (Å²) in [6, 6.07) is 0.253. The third-order valence-corrected chi connectivity index (χ3v) is 4.35. The molecule has 0 radical (unpaired) electrons. The Morgan fingerprint density at radius 3 is 2.38 bits per heavy atom. The van der Waals surface area contributed by atoms with Crippen molar-refractivity contribution in [1.29, 1.82) is 0 Å². The van der Waals surface area contributed by atoms with Gasteiger partial charge in [-0.05, 0) is 26.8 Å². The molecule has 9 heteroatoms. The summed E-state index contributed by atoms with van der Waals surface area (Å²) in [6.07, 6.45) is 0. The number of benzene rings is 1. The molecule has 1 atom stereocenters. The van der Waals surface area contributed by atoms with Gasteiger partial charge in [0.05, 0.1) is 37.0 Å². The van der Waals surface area contributed by atoms with E-state index in [0.29, 0.717) is 24.5 Å². The average Bonchev–Trinajstić information content (AvgIpc) is 2.59. The van der Waals surface area contributed by atoms with Gasteiger partial charge in [0.25, 0.3) is 0 Å². The van der Waals surface area contributed by atoms with Crippen LogP contribution in [0.2, 0.25) is 10.0 Å². The molecule has 7 nitrogen and oxygen atoms in total. The highest BCUT2D eigenvalue weighted by atomic mass is 35.5. The Kier molecular flexibility index (Phi) is 6.61. The number of esters is 1. The number of carbonyl (C=O) groups excluding carboxylic acids is 2. The summed E-state index contributed by atoms with van der Waals surface area (Å²) in [7, 11) is 1.26. The minimum absolute atomic E-state index is 0.172. The molecule has 142 valence electrons. The molecule has 0 saturated heterocycles. The molecule has 0 saturated carbocycles. The van der Waals surface area contributed by atoms with Crippen LogP contribution < -0.4 is 20.1 Å². The fourth-order valence-electron chi connectivity index (χ4n) is 2.69. The van der Waals surface area contributed by atoms with Crippen molar-refractivity contribution >= 4 is 35.2 Å². The maximum Gasteiger partial charge on any atom is 0.337 e. The van der Waals surface area contributed by atoms with Gasteiger partial charge in [-0.25, -0.2) is 9.59 Å². The number of amides is 2. The molecule has 1 aromatic rings. The number of ether oxygens (including phenoxy) is 3. The fourth-order valence-corrected chi connectivity index (χ4v) is 3.33. The largest absolute Gasteiger partial charge is 0.492 e. The minimum Gasteiger partial charge on any atom is -0.492 e. The molecule has 0 aliphatic carbocycles. The van der Waals surface area contributed by atoms with Crippen LogP contribution in [-0.4, -0.2) is 32.3 Å². The number of hydrogen-bond donors (Lipinski definition) is 2. The van der Waals surface area contributed by atoms with Gasteiger partial charge in [-0.1, -0.05) is 23.2 Å². The Hall–Kier alpha value is -2.12. The molecule has 1 unspecified atom stereocenters. The summed E-state index contributed by atoms with van der Waals surface area (Å²) >= 11 is 12.7. The number of nitrogens with one attached hydrogen (secondary N) is 2. The molecule has 2 amide bonds. The van der Waals surface area contributed by atoms with Gasteiger partial charge in [0, 0.05) is 11.3 Å².